The van der Waals surface area contributed by atoms with Crippen molar-refractivity contribution >= 4 is 74.7 Å². The standard InChI is InChI=1S/C24H21ClN4O2S2/c1-14(2)16-7-9-19(10-8-16)29-22(31)21(27-23(29)32)12-18-13-33-24(26-18)28(15(3)30)20-6-4-5-17(25)11-20/h4-14H,1-3H3,(H,27,32)/b21-12-. The summed E-state index contributed by atoms with van der Waals surface area (Å²) >= 11 is 12.8. The van der Waals surface area contributed by atoms with Crippen LogP contribution in [0.2, 0.25) is 5.02 Å². The number of rotatable bonds is 5. The number of carbonyl (C=O) groups is 2. The molecule has 6 nitrogen and oxygen atoms in total. The molecule has 168 valence electrons. The second-order valence-electron chi connectivity index (χ2n) is 7.76. The van der Waals surface area contributed by atoms with Crippen LogP contribution in [0.3, 0.4) is 0 Å². The third-order valence-electron chi connectivity index (χ3n) is 5.07. The van der Waals surface area contributed by atoms with Gasteiger partial charge in [0.2, 0.25) is 5.91 Å². The fourth-order valence-electron chi connectivity index (χ4n) is 3.41. The fraction of sp³-hybridized carbons (Fsp3) is 0.167. The molecule has 0 bridgehead atoms. The van der Waals surface area contributed by atoms with Gasteiger partial charge in [-0.1, -0.05) is 43.6 Å². The SMILES string of the molecule is CC(=O)N(c1cccc(Cl)c1)c1nc(/C=C2\NC(=S)N(c3ccc(C(C)C)cc3)C2=O)cs1. The molecule has 2 aromatic carbocycles. The molecule has 1 N–H and O–H groups in total. The summed E-state index contributed by atoms with van der Waals surface area (Å²) in [6, 6.07) is 14.8. The molecular formula is C24H21ClN4O2S2. The molecule has 0 aliphatic carbocycles. The Kier molecular flexibility index (Phi) is 6.60. The highest BCUT2D eigenvalue weighted by atomic mass is 35.5. The number of hydrogen-bond donors (Lipinski definition) is 1. The Morgan fingerprint density at radius 1 is 1.24 bits per heavy atom. The Balaban J connectivity index is 1.59. The maximum atomic E-state index is 13.1. The minimum absolute atomic E-state index is 0.196. The molecular weight excluding hydrogens is 476 g/mol. The van der Waals surface area contributed by atoms with Gasteiger partial charge in [0.25, 0.3) is 5.91 Å². The van der Waals surface area contributed by atoms with E-state index in [0.29, 0.717) is 44.0 Å². The molecule has 9 heteroatoms. The molecule has 0 saturated carbocycles. The number of carbonyl (C=O) groups excluding carboxylic acids is 2. The van der Waals surface area contributed by atoms with Gasteiger partial charge in [-0.05, 0) is 60.1 Å². The van der Waals surface area contributed by atoms with Crippen LogP contribution in [-0.2, 0) is 9.59 Å². The van der Waals surface area contributed by atoms with Crippen molar-refractivity contribution in [1.29, 1.82) is 0 Å². The van der Waals surface area contributed by atoms with Gasteiger partial charge in [0, 0.05) is 17.3 Å². The molecule has 4 rings (SSSR count). The van der Waals surface area contributed by atoms with Gasteiger partial charge in [-0.2, -0.15) is 0 Å². The molecule has 2 heterocycles. The lowest BCUT2D eigenvalue weighted by Crippen LogP contribution is -2.30. The van der Waals surface area contributed by atoms with Crippen LogP contribution < -0.4 is 15.1 Å². The van der Waals surface area contributed by atoms with Crippen molar-refractivity contribution in [2.24, 2.45) is 0 Å². The largest absolute Gasteiger partial charge is 0.327 e. The Morgan fingerprint density at radius 2 is 1.97 bits per heavy atom. The molecule has 1 aliphatic heterocycles. The molecule has 0 unspecified atom stereocenters. The summed E-state index contributed by atoms with van der Waals surface area (Å²) in [5.74, 6) is -0.0580. The van der Waals surface area contributed by atoms with Gasteiger partial charge in [0.1, 0.15) is 5.70 Å². The average molecular weight is 497 g/mol. The summed E-state index contributed by atoms with van der Waals surface area (Å²) in [6.07, 6.45) is 1.63. The van der Waals surface area contributed by atoms with Crippen molar-refractivity contribution in [1.82, 2.24) is 10.3 Å². The predicted octanol–water partition coefficient (Wildman–Crippen LogP) is 5.87. The molecule has 0 radical (unpaired) electrons. The number of aromatic nitrogens is 1. The first-order valence-corrected chi connectivity index (χ1v) is 11.9. The quantitative estimate of drug-likeness (QED) is 0.353. The predicted molar refractivity (Wildman–Crippen MR) is 138 cm³/mol. The Bertz CT molecular complexity index is 1270. The van der Waals surface area contributed by atoms with E-state index < -0.39 is 0 Å². The van der Waals surface area contributed by atoms with E-state index in [-0.39, 0.29) is 11.8 Å². The number of amides is 2. The van der Waals surface area contributed by atoms with E-state index >= 15 is 0 Å². The molecule has 33 heavy (non-hydrogen) atoms. The maximum Gasteiger partial charge on any atom is 0.281 e. The molecule has 1 aliphatic rings. The smallest absolute Gasteiger partial charge is 0.281 e. The van der Waals surface area contributed by atoms with E-state index in [1.54, 1.807) is 35.7 Å². The van der Waals surface area contributed by atoms with Crippen LogP contribution in [0, 0.1) is 0 Å². The number of thiocarbonyl (C=S) groups is 1. The van der Waals surface area contributed by atoms with Gasteiger partial charge in [0.05, 0.1) is 17.1 Å². The molecule has 0 spiro atoms. The van der Waals surface area contributed by atoms with Crippen LogP contribution in [0.1, 0.15) is 37.9 Å². The van der Waals surface area contributed by atoms with Crippen molar-refractivity contribution in [3.8, 4) is 0 Å². The number of nitrogens with zero attached hydrogens (tertiary/aromatic N) is 3. The minimum Gasteiger partial charge on any atom is -0.327 e. The van der Waals surface area contributed by atoms with E-state index in [1.165, 1.54) is 33.6 Å². The lowest BCUT2D eigenvalue weighted by molar-refractivity contribution is -0.116. The van der Waals surface area contributed by atoms with Gasteiger partial charge in [-0.3, -0.25) is 19.4 Å². The highest BCUT2D eigenvalue weighted by Crippen LogP contribution is 2.31. The number of thiazole rings is 1. The van der Waals surface area contributed by atoms with Crippen molar-refractivity contribution in [2.45, 2.75) is 26.7 Å². The molecule has 1 aromatic heterocycles. The van der Waals surface area contributed by atoms with Crippen molar-refractivity contribution < 1.29 is 9.59 Å². The zero-order valence-corrected chi connectivity index (χ0v) is 20.6. The van der Waals surface area contributed by atoms with Crippen molar-refractivity contribution in [2.75, 3.05) is 9.80 Å². The minimum atomic E-state index is -0.259. The first-order valence-electron chi connectivity index (χ1n) is 10.2. The summed E-state index contributed by atoms with van der Waals surface area (Å²) < 4.78 is 0. The Morgan fingerprint density at radius 3 is 2.61 bits per heavy atom. The van der Waals surface area contributed by atoms with Crippen LogP contribution in [0.25, 0.3) is 6.08 Å². The molecule has 3 aromatic rings. The topological polar surface area (TPSA) is 65.5 Å². The third-order valence-corrected chi connectivity index (χ3v) is 6.43. The van der Waals surface area contributed by atoms with Crippen LogP contribution >= 0.6 is 35.2 Å². The highest BCUT2D eigenvalue weighted by molar-refractivity contribution is 7.80. The first kappa shape index (κ1) is 23.1. The van der Waals surface area contributed by atoms with Gasteiger partial charge < -0.3 is 5.32 Å². The first-order chi connectivity index (χ1) is 15.7. The number of nitrogens with one attached hydrogen (secondary N) is 1. The van der Waals surface area contributed by atoms with Gasteiger partial charge >= 0.3 is 0 Å². The zero-order valence-electron chi connectivity index (χ0n) is 18.2. The van der Waals surface area contributed by atoms with Crippen LogP contribution in [0.5, 0.6) is 0 Å². The summed E-state index contributed by atoms with van der Waals surface area (Å²) in [4.78, 5) is 32.9. The van der Waals surface area contributed by atoms with E-state index in [0.717, 1.165) is 0 Å². The lowest BCUT2D eigenvalue weighted by atomic mass is 10.0. The molecule has 1 saturated heterocycles. The molecule has 2 amide bonds. The van der Waals surface area contributed by atoms with Crippen molar-refractivity contribution in [3.05, 3.63) is 75.9 Å². The number of anilines is 3. The summed E-state index contributed by atoms with van der Waals surface area (Å²) in [6.45, 7) is 5.69. The van der Waals surface area contributed by atoms with E-state index in [4.69, 9.17) is 23.8 Å². The van der Waals surface area contributed by atoms with Crippen LogP contribution in [-0.4, -0.2) is 21.9 Å². The Hall–Kier alpha value is -3.07. The van der Waals surface area contributed by atoms with Crippen LogP contribution in [0.15, 0.2) is 59.6 Å². The monoisotopic (exact) mass is 496 g/mol. The number of halogens is 1. The third kappa shape index (κ3) is 4.83. The second kappa shape index (κ2) is 9.43. The van der Waals surface area contributed by atoms with Crippen LogP contribution in [0.4, 0.5) is 16.5 Å². The van der Waals surface area contributed by atoms with E-state index in [9.17, 15) is 9.59 Å². The average Bonchev–Trinajstić information content (AvgIpc) is 3.32. The maximum absolute atomic E-state index is 13.1. The van der Waals surface area contributed by atoms with Gasteiger partial charge in [0.15, 0.2) is 10.2 Å². The van der Waals surface area contributed by atoms with Gasteiger partial charge in [-0.15, -0.1) is 11.3 Å². The fourth-order valence-corrected chi connectivity index (χ4v) is 4.74. The normalized spacial score (nSPS) is 14.8. The van der Waals surface area contributed by atoms with E-state index in [1.807, 2.05) is 24.3 Å². The number of hydrogen-bond acceptors (Lipinski definition) is 5. The Labute approximate surface area is 206 Å². The van der Waals surface area contributed by atoms with E-state index in [2.05, 4.69) is 24.1 Å². The molecule has 1 fully saturated rings. The summed E-state index contributed by atoms with van der Waals surface area (Å²) in [7, 11) is 0. The molecule has 0 atom stereocenters. The zero-order chi connectivity index (χ0) is 23.7. The second-order valence-corrected chi connectivity index (χ2v) is 9.42. The lowest BCUT2D eigenvalue weighted by Gasteiger charge is -2.18. The van der Waals surface area contributed by atoms with Gasteiger partial charge in [-0.25, -0.2) is 4.98 Å². The summed E-state index contributed by atoms with van der Waals surface area (Å²) in [5.41, 5.74) is 3.37. The number of benzene rings is 2. The van der Waals surface area contributed by atoms with Crippen molar-refractivity contribution in [3.63, 3.8) is 0 Å². The summed E-state index contributed by atoms with van der Waals surface area (Å²) in [5, 5.41) is 6.06. The highest BCUT2D eigenvalue weighted by Gasteiger charge is 2.32.